The van der Waals surface area contributed by atoms with E-state index in [9.17, 15) is 9.59 Å². The molecule has 0 bridgehead atoms. The molecule has 0 unspecified atom stereocenters. The standard InChI is InChI=1S/C22H27N5O3S2/c1-5-27-19(15-7-9-23-10-8-15)25-26-22(27)32-13-17(28)24-20-18(21(29)30-6-2)16(12-31-20)11-14(3)4/h7-10,12,14H,5-6,11,13H2,1-4H3,(H,24,28). The Morgan fingerprint density at radius 2 is 1.97 bits per heavy atom. The minimum atomic E-state index is -0.403. The maximum atomic E-state index is 12.7. The van der Waals surface area contributed by atoms with Crippen molar-refractivity contribution in [3.63, 3.8) is 0 Å². The van der Waals surface area contributed by atoms with Crippen LogP contribution in [0.3, 0.4) is 0 Å². The predicted molar refractivity (Wildman–Crippen MR) is 127 cm³/mol. The molecule has 3 aromatic heterocycles. The number of esters is 1. The molecule has 3 heterocycles. The molecular weight excluding hydrogens is 446 g/mol. The second-order valence-electron chi connectivity index (χ2n) is 7.41. The smallest absolute Gasteiger partial charge is 0.341 e. The van der Waals surface area contributed by atoms with Crippen molar-refractivity contribution in [2.75, 3.05) is 17.7 Å². The molecule has 3 aromatic rings. The van der Waals surface area contributed by atoms with Crippen LogP contribution in [0.15, 0.2) is 35.1 Å². The van der Waals surface area contributed by atoms with Gasteiger partial charge in [-0.2, -0.15) is 0 Å². The fourth-order valence-corrected chi connectivity index (χ4v) is 4.97. The topological polar surface area (TPSA) is 99.0 Å². The van der Waals surface area contributed by atoms with Gasteiger partial charge in [-0.05, 0) is 49.3 Å². The number of pyridine rings is 1. The third kappa shape index (κ3) is 5.74. The molecule has 0 fully saturated rings. The maximum Gasteiger partial charge on any atom is 0.341 e. The molecule has 1 N–H and O–H groups in total. The number of anilines is 1. The van der Waals surface area contributed by atoms with Gasteiger partial charge < -0.3 is 14.6 Å². The van der Waals surface area contributed by atoms with Crippen LogP contribution in [0.25, 0.3) is 11.4 Å². The summed E-state index contributed by atoms with van der Waals surface area (Å²) >= 11 is 2.66. The van der Waals surface area contributed by atoms with Gasteiger partial charge in [-0.3, -0.25) is 9.78 Å². The van der Waals surface area contributed by atoms with Gasteiger partial charge in [0.1, 0.15) is 5.00 Å². The first-order valence-corrected chi connectivity index (χ1v) is 12.3. The molecule has 3 rings (SSSR count). The zero-order valence-electron chi connectivity index (χ0n) is 18.6. The molecule has 10 heteroatoms. The highest BCUT2D eigenvalue weighted by Gasteiger charge is 2.23. The Hall–Kier alpha value is -2.72. The maximum absolute atomic E-state index is 12.7. The van der Waals surface area contributed by atoms with Crippen molar-refractivity contribution < 1.29 is 14.3 Å². The fraction of sp³-hybridized carbons (Fsp3) is 0.409. The zero-order valence-corrected chi connectivity index (χ0v) is 20.3. The van der Waals surface area contributed by atoms with E-state index in [1.807, 2.05) is 29.0 Å². The van der Waals surface area contributed by atoms with Gasteiger partial charge >= 0.3 is 5.97 Å². The monoisotopic (exact) mass is 473 g/mol. The van der Waals surface area contributed by atoms with Crippen molar-refractivity contribution in [2.45, 2.75) is 45.8 Å². The molecule has 1 amide bonds. The van der Waals surface area contributed by atoms with Crippen LogP contribution in [0.2, 0.25) is 0 Å². The van der Waals surface area contributed by atoms with E-state index in [1.165, 1.54) is 23.1 Å². The summed E-state index contributed by atoms with van der Waals surface area (Å²) in [5, 5.41) is 14.5. The van der Waals surface area contributed by atoms with Crippen molar-refractivity contribution in [2.24, 2.45) is 5.92 Å². The summed E-state index contributed by atoms with van der Waals surface area (Å²) in [6.07, 6.45) is 4.16. The number of carbonyl (C=O) groups is 2. The summed E-state index contributed by atoms with van der Waals surface area (Å²) in [5.74, 6) is 0.647. The molecule has 0 atom stereocenters. The summed E-state index contributed by atoms with van der Waals surface area (Å²) < 4.78 is 7.18. The summed E-state index contributed by atoms with van der Waals surface area (Å²) in [6, 6.07) is 3.75. The molecule has 0 radical (unpaired) electrons. The highest BCUT2D eigenvalue weighted by Crippen LogP contribution is 2.31. The van der Waals surface area contributed by atoms with Gasteiger partial charge in [0.05, 0.1) is 17.9 Å². The van der Waals surface area contributed by atoms with Gasteiger partial charge in [-0.25, -0.2) is 4.79 Å². The first-order valence-electron chi connectivity index (χ1n) is 10.5. The van der Waals surface area contributed by atoms with Crippen LogP contribution in [0.5, 0.6) is 0 Å². The number of aromatic nitrogens is 4. The quantitative estimate of drug-likeness (QED) is 0.341. The van der Waals surface area contributed by atoms with Crippen LogP contribution in [-0.4, -0.2) is 44.0 Å². The van der Waals surface area contributed by atoms with Gasteiger partial charge in [-0.1, -0.05) is 25.6 Å². The number of nitrogens with one attached hydrogen (secondary N) is 1. The second kappa shape index (κ2) is 11.2. The van der Waals surface area contributed by atoms with E-state index < -0.39 is 5.97 Å². The third-order valence-corrected chi connectivity index (χ3v) is 6.44. The lowest BCUT2D eigenvalue weighted by molar-refractivity contribution is -0.113. The third-order valence-electron chi connectivity index (χ3n) is 4.53. The number of hydrogen-bond acceptors (Lipinski definition) is 8. The molecule has 32 heavy (non-hydrogen) atoms. The largest absolute Gasteiger partial charge is 0.462 e. The first kappa shape index (κ1) is 23.9. The molecule has 0 aromatic carbocycles. The SMILES string of the molecule is CCOC(=O)c1c(CC(C)C)csc1NC(=O)CSc1nnc(-c2ccncc2)n1CC. The normalized spacial score (nSPS) is 11.0. The van der Waals surface area contributed by atoms with Crippen LogP contribution >= 0.6 is 23.1 Å². The van der Waals surface area contributed by atoms with Crippen LogP contribution < -0.4 is 5.32 Å². The van der Waals surface area contributed by atoms with E-state index in [-0.39, 0.29) is 18.3 Å². The molecule has 8 nitrogen and oxygen atoms in total. The Balaban J connectivity index is 1.71. The lowest BCUT2D eigenvalue weighted by Gasteiger charge is -2.10. The number of nitrogens with zero attached hydrogens (tertiary/aromatic N) is 4. The molecule has 170 valence electrons. The van der Waals surface area contributed by atoms with Crippen molar-refractivity contribution in [1.82, 2.24) is 19.7 Å². The summed E-state index contributed by atoms with van der Waals surface area (Å²) in [6.45, 7) is 8.91. The number of amides is 1. The van der Waals surface area contributed by atoms with E-state index in [1.54, 1.807) is 19.3 Å². The van der Waals surface area contributed by atoms with E-state index in [0.717, 1.165) is 23.4 Å². The average Bonchev–Trinajstić information content (AvgIpc) is 3.36. The van der Waals surface area contributed by atoms with Crippen molar-refractivity contribution >= 4 is 40.0 Å². The van der Waals surface area contributed by atoms with Crippen LogP contribution in [0, 0.1) is 5.92 Å². The number of ether oxygens (including phenoxy) is 1. The van der Waals surface area contributed by atoms with Gasteiger partial charge in [0.15, 0.2) is 11.0 Å². The highest BCUT2D eigenvalue weighted by atomic mass is 32.2. The van der Waals surface area contributed by atoms with Crippen LogP contribution in [-0.2, 0) is 22.5 Å². The van der Waals surface area contributed by atoms with Crippen molar-refractivity contribution in [3.05, 3.63) is 41.0 Å². The Bertz CT molecular complexity index is 1060. The Labute approximate surface area is 195 Å². The second-order valence-corrected chi connectivity index (χ2v) is 9.23. The summed E-state index contributed by atoms with van der Waals surface area (Å²) in [4.78, 5) is 29.2. The number of rotatable bonds is 10. The number of thiophene rings is 1. The van der Waals surface area contributed by atoms with Crippen molar-refractivity contribution in [1.29, 1.82) is 0 Å². The molecule has 0 aliphatic carbocycles. The van der Waals surface area contributed by atoms with Gasteiger partial charge in [-0.15, -0.1) is 21.5 Å². The van der Waals surface area contributed by atoms with E-state index >= 15 is 0 Å². The molecular formula is C22H27N5O3S2. The van der Waals surface area contributed by atoms with Gasteiger partial charge in [0.25, 0.3) is 0 Å². The summed E-state index contributed by atoms with van der Waals surface area (Å²) in [7, 11) is 0. The average molecular weight is 474 g/mol. The van der Waals surface area contributed by atoms with Crippen molar-refractivity contribution in [3.8, 4) is 11.4 Å². The lowest BCUT2D eigenvalue weighted by atomic mass is 10.0. The zero-order chi connectivity index (χ0) is 23.1. The van der Waals surface area contributed by atoms with E-state index in [2.05, 4.69) is 34.3 Å². The molecule has 0 saturated heterocycles. The Morgan fingerprint density at radius 1 is 1.22 bits per heavy atom. The van der Waals surface area contributed by atoms with Crippen LogP contribution in [0.4, 0.5) is 5.00 Å². The minimum Gasteiger partial charge on any atom is -0.462 e. The Kier molecular flexibility index (Phi) is 8.40. The molecule has 0 aliphatic rings. The minimum absolute atomic E-state index is 0.147. The highest BCUT2D eigenvalue weighted by molar-refractivity contribution is 7.99. The number of carbonyl (C=O) groups excluding carboxylic acids is 2. The number of hydrogen-bond donors (Lipinski definition) is 1. The van der Waals surface area contributed by atoms with Gasteiger partial charge in [0, 0.05) is 24.5 Å². The summed E-state index contributed by atoms with van der Waals surface area (Å²) in [5.41, 5.74) is 2.28. The molecule has 0 saturated carbocycles. The van der Waals surface area contributed by atoms with Gasteiger partial charge in [0.2, 0.25) is 5.91 Å². The number of thioether (sulfide) groups is 1. The van der Waals surface area contributed by atoms with E-state index in [4.69, 9.17) is 4.74 Å². The van der Waals surface area contributed by atoms with E-state index in [0.29, 0.717) is 28.2 Å². The Morgan fingerprint density at radius 3 is 2.62 bits per heavy atom. The lowest BCUT2D eigenvalue weighted by Crippen LogP contribution is -2.17. The van der Waals surface area contributed by atoms with Crippen LogP contribution in [0.1, 0.15) is 43.6 Å². The fourth-order valence-electron chi connectivity index (χ4n) is 3.19. The first-order chi connectivity index (χ1) is 15.4. The predicted octanol–water partition coefficient (Wildman–Crippen LogP) is 4.53. The molecule has 0 spiro atoms. The molecule has 0 aliphatic heterocycles.